The molecular weight excluding hydrogens is 360 g/mol. The van der Waals surface area contributed by atoms with Crippen LogP contribution >= 0.6 is 0 Å². The number of carbonyl (C=O) groups is 1. The number of piperazine rings is 1. The minimum absolute atomic E-state index is 0.139. The molecule has 0 N–H and O–H groups in total. The largest absolute Gasteiger partial charge is 0.457 e. The summed E-state index contributed by atoms with van der Waals surface area (Å²) in [4.78, 5) is 17.2. The van der Waals surface area contributed by atoms with E-state index in [1.807, 2.05) is 66.4 Å². The number of rotatable bonds is 5. The second kappa shape index (κ2) is 8.50. The molecule has 1 amide bonds. The Morgan fingerprint density at radius 1 is 0.897 bits per heavy atom. The van der Waals surface area contributed by atoms with Crippen LogP contribution in [0, 0.1) is 6.92 Å². The SMILES string of the molecule is Cc1cccc(CN2CCN(c3ccc(Oc4ccccc4)cc3)C(=O)C2C)c1. The van der Waals surface area contributed by atoms with Gasteiger partial charge in [-0.1, -0.05) is 48.0 Å². The molecule has 3 aromatic rings. The number of aryl methyl sites for hydroxylation is 1. The van der Waals surface area contributed by atoms with Gasteiger partial charge in [-0.2, -0.15) is 0 Å². The molecule has 4 rings (SSSR count). The predicted molar refractivity (Wildman–Crippen MR) is 116 cm³/mol. The Hall–Kier alpha value is -3.11. The van der Waals surface area contributed by atoms with Crippen molar-refractivity contribution in [2.45, 2.75) is 26.4 Å². The molecule has 0 saturated carbocycles. The molecule has 0 aliphatic carbocycles. The molecule has 0 radical (unpaired) electrons. The number of amides is 1. The van der Waals surface area contributed by atoms with Crippen LogP contribution in [0.5, 0.6) is 11.5 Å². The van der Waals surface area contributed by atoms with Gasteiger partial charge in [0.05, 0.1) is 6.04 Å². The quantitative estimate of drug-likeness (QED) is 0.617. The summed E-state index contributed by atoms with van der Waals surface area (Å²) in [5.74, 6) is 1.70. The van der Waals surface area contributed by atoms with Crippen molar-refractivity contribution >= 4 is 11.6 Å². The first-order valence-electron chi connectivity index (χ1n) is 10.0. The Labute approximate surface area is 172 Å². The topological polar surface area (TPSA) is 32.8 Å². The summed E-state index contributed by atoms with van der Waals surface area (Å²) in [6.07, 6.45) is 0. The van der Waals surface area contributed by atoms with Crippen molar-refractivity contribution in [3.8, 4) is 11.5 Å². The highest BCUT2D eigenvalue weighted by atomic mass is 16.5. The van der Waals surface area contributed by atoms with Gasteiger partial charge in [0.25, 0.3) is 0 Å². The summed E-state index contributed by atoms with van der Waals surface area (Å²) in [5.41, 5.74) is 3.41. The van der Waals surface area contributed by atoms with Gasteiger partial charge < -0.3 is 9.64 Å². The molecule has 0 aromatic heterocycles. The lowest BCUT2D eigenvalue weighted by atomic mass is 10.1. The second-order valence-corrected chi connectivity index (χ2v) is 7.53. The van der Waals surface area contributed by atoms with Gasteiger partial charge in [0, 0.05) is 25.3 Å². The minimum atomic E-state index is -0.149. The molecule has 148 valence electrons. The molecule has 0 spiro atoms. The Morgan fingerprint density at radius 3 is 2.34 bits per heavy atom. The van der Waals surface area contributed by atoms with E-state index in [9.17, 15) is 4.79 Å². The molecule has 4 heteroatoms. The first-order valence-corrected chi connectivity index (χ1v) is 10.0. The molecule has 1 saturated heterocycles. The molecule has 1 aliphatic heterocycles. The summed E-state index contributed by atoms with van der Waals surface area (Å²) in [6, 6.07) is 25.8. The van der Waals surface area contributed by atoms with Gasteiger partial charge in [-0.25, -0.2) is 0 Å². The van der Waals surface area contributed by atoms with Crippen molar-refractivity contribution in [1.82, 2.24) is 4.90 Å². The van der Waals surface area contributed by atoms with Crippen LogP contribution in [0.25, 0.3) is 0 Å². The molecular formula is C25H26N2O2. The maximum Gasteiger partial charge on any atom is 0.244 e. The van der Waals surface area contributed by atoms with Gasteiger partial charge in [0.15, 0.2) is 0 Å². The van der Waals surface area contributed by atoms with Gasteiger partial charge in [0.1, 0.15) is 11.5 Å². The molecule has 1 fully saturated rings. The van der Waals surface area contributed by atoms with E-state index in [0.717, 1.165) is 30.3 Å². The van der Waals surface area contributed by atoms with Crippen molar-refractivity contribution in [3.05, 3.63) is 90.0 Å². The Bertz CT molecular complexity index is 970. The number of carbonyl (C=O) groups excluding carboxylic acids is 1. The molecule has 1 unspecified atom stereocenters. The van der Waals surface area contributed by atoms with Crippen molar-refractivity contribution in [1.29, 1.82) is 0 Å². The highest BCUT2D eigenvalue weighted by Gasteiger charge is 2.32. The predicted octanol–water partition coefficient (Wildman–Crippen LogP) is 5.02. The summed E-state index contributed by atoms with van der Waals surface area (Å²) in [7, 11) is 0. The summed E-state index contributed by atoms with van der Waals surface area (Å²) < 4.78 is 5.85. The van der Waals surface area contributed by atoms with Crippen LogP contribution in [0.2, 0.25) is 0 Å². The normalized spacial score (nSPS) is 17.4. The van der Waals surface area contributed by atoms with Crippen LogP contribution in [0.4, 0.5) is 5.69 Å². The molecule has 3 aromatic carbocycles. The van der Waals surface area contributed by atoms with Gasteiger partial charge in [-0.3, -0.25) is 9.69 Å². The zero-order chi connectivity index (χ0) is 20.2. The van der Waals surface area contributed by atoms with Gasteiger partial charge >= 0.3 is 0 Å². The van der Waals surface area contributed by atoms with Crippen molar-refractivity contribution in [3.63, 3.8) is 0 Å². The Morgan fingerprint density at radius 2 is 1.62 bits per heavy atom. The van der Waals surface area contributed by atoms with Crippen molar-refractivity contribution < 1.29 is 9.53 Å². The molecule has 0 bridgehead atoms. The fraction of sp³-hybridized carbons (Fsp3) is 0.240. The summed E-state index contributed by atoms with van der Waals surface area (Å²) >= 11 is 0. The first-order chi connectivity index (χ1) is 14.1. The standard InChI is InChI=1S/C25H26N2O2/c1-19-7-6-8-21(17-19)18-26-15-16-27(25(28)20(26)2)22-11-13-24(14-12-22)29-23-9-4-3-5-10-23/h3-14,17,20H,15-16,18H2,1-2H3. The lowest BCUT2D eigenvalue weighted by Gasteiger charge is -2.39. The van der Waals surface area contributed by atoms with E-state index in [1.165, 1.54) is 11.1 Å². The number of hydrogen-bond acceptors (Lipinski definition) is 3. The smallest absolute Gasteiger partial charge is 0.244 e. The van der Waals surface area contributed by atoms with E-state index >= 15 is 0 Å². The summed E-state index contributed by atoms with van der Waals surface area (Å²) in [6.45, 7) is 6.43. The first kappa shape index (κ1) is 19.2. The van der Waals surface area contributed by atoms with Crippen molar-refractivity contribution in [2.24, 2.45) is 0 Å². The lowest BCUT2D eigenvalue weighted by molar-refractivity contribution is -0.125. The minimum Gasteiger partial charge on any atom is -0.457 e. The Kier molecular flexibility index (Phi) is 5.63. The van der Waals surface area contributed by atoms with E-state index in [4.69, 9.17) is 4.74 Å². The molecule has 1 atom stereocenters. The van der Waals surface area contributed by atoms with Crippen LogP contribution in [-0.4, -0.2) is 29.9 Å². The maximum absolute atomic E-state index is 13.0. The zero-order valence-electron chi connectivity index (χ0n) is 16.9. The van der Waals surface area contributed by atoms with Gasteiger partial charge in [-0.05, 0) is 55.8 Å². The van der Waals surface area contributed by atoms with Crippen LogP contribution in [0.3, 0.4) is 0 Å². The third kappa shape index (κ3) is 4.49. The number of anilines is 1. The number of para-hydroxylation sites is 1. The Balaban J connectivity index is 1.42. The molecule has 4 nitrogen and oxygen atoms in total. The highest BCUT2D eigenvalue weighted by molar-refractivity contribution is 5.97. The fourth-order valence-corrected chi connectivity index (χ4v) is 3.75. The van der Waals surface area contributed by atoms with E-state index in [1.54, 1.807) is 0 Å². The van der Waals surface area contributed by atoms with Crippen LogP contribution in [0.15, 0.2) is 78.9 Å². The monoisotopic (exact) mass is 386 g/mol. The molecule has 1 aliphatic rings. The maximum atomic E-state index is 13.0. The fourth-order valence-electron chi connectivity index (χ4n) is 3.75. The van der Waals surface area contributed by atoms with Crippen LogP contribution in [-0.2, 0) is 11.3 Å². The zero-order valence-corrected chi connectivity index (χ0v) is 16.9. The number of ether oxygens (including phenoxy) is 1. The average Bonchev–Trinajstić information content (AvgIpc) is 2.73. The van der Waals surface area contributed by atoms with E-state index < -0.39 is 0 Å². The third-order valence-corrected chi connectivity index (χ3v) is 5.38. The third-order valence-electron chi connectivity index (χ3n) is 5.38. The van der Waals surface area contributed by atoms with Crippen LogP contribution < -0.4 is 9.64 Å². The number of benzene rings is 3. The number of nitrogens with zero attached hydrogens (tertiary/aromatic N) is 2. The van der Waals surface area contributed by atoms with E-state index in [0.29, 0.717) is 6.54 Å². The van der Waals surface area contributed by atoms with Crippen LogP contribution in [0.1, 0.15) is 18.1 Å². The molecule has 29 heavy (non-hydrogen) atoms. The van der Waals surface area contributed by atoms with E-state index in [2.05, 4.69) is 36.1 Å². The van der Waals surface area contributed by atoms with Gasteiger partial charge in [0.2, 0.25) is 5.91 Å². The van der Waals surface area contributed by atoms with E-state index in [-0.39, 0.29) is 11.9 Å². The second-order valence-electron chi connectivity index (χ2n) is 7.53. The van der Waals surface area contributed by atoms with Gasteiger partial charge in [-0.15, -0.1) is 0 Å². The number of hydrogen-bond donors (Lipinski definition) is 0. The highest BCUT2D eigenvalue weighted by Crippen LogP contribution is 2.26. The molecule has 1 heterocycles. The summed E-state index contributed by atoms with van der Waals surface area (Å²) in [5, 5.41) is 0. The average molecular weight is 386 g/mol. The lowest BCUT2D eigenvalue weighted by Crippen LogP contribution is -2.55. The van der Waals surface area contributed by atoms with Crippen molar-refractivity contribution in [2.75, 3.05) is 18.0 Å².